The average molecular weight is 656 g/mol. The van der Waals surface area contributed by atoms with Gasteiger partial charge >= 0.3 is 0 Å². The van der Waals surface area contributed by atoms with Crippen LogP contribution in [0.2, 0.25) is 5.02 Å². The summed E-state index contributed by atoms with van der Waals surface area (Å²) in [7, 11) is 0. The summed E-state index contributed by atoms with van der Waals surface area (Å²) < 4.78 is 49.3. The molecule has 3 aromatic rings. The number of allylic oxidation sites excluding steroid dienone is 1. The number of halogens is 4. The molecule has 0 saturated heterocycles. The Kier molecular flexibility index (Phi) is 9.72. The number of hydrogen-bond acceptors (Lipinski definition) is 4. The van der Waals surface area contributed by atoms with E-state index in [9.17, 15) is 22.8 Å². The van der Waals surface area contributed by atoms with Crippen molar-refractivity contribution in [2.24, 2.45) is 11.3 Å². The predicted octanol–water partition coefficient (Wildman–Crippen LogP) is 9.50. The SMILES string of the molecule is C=C(Nc1ccc(Cl)c(C(=O)Nc2ccc(F)c(NC(=O)C(C)(C)OCC)c2C)c1)[C@H]1[C@H](c2ccc(F)c(C(C)(C)F)c2)C1(C)C. The number of hydrogen-bond donors (Lipinski definition) is 3. The van der Waals surface area contributed by atoms with Crippen molar-refractivity contribution in [1.29, 1.82) is 0 Å². The molecule has 0 unspecified atom stereocenters. The van der Waals surface area contributed by atoms with Gasteiger partial charge in [-0.05, 0) is 106 Å². The molecule has 6 nitrogen and oxygen atoms in total. The van der Waals surface area contributed by atoms with Gasteiger partial charge in [0.1, 0.15) is 22.9 Å². The van der Waals surface area contributed by atoms with Gasteiger partial charge in [0.2, 0.25) is 0 Å². The van der Waals surface area contributed by atoms with E-state index in [2.05, 4.69) is 36.4 Å². The Balaban J connectivity index is 1.52. The van der Waals surface area contributed by atoms with Crippen molar-refractivity contribution in [3.05, 3.63) is 99.7 Å². The van der Waals surface area contributed by atoms with Crippen LogP contribution in [0.4, 0.5) is 30.2 Å². The van der Waals surface area contributed by atoms with Crippen LogP contribution in [0.1, 0.15) is 81.4 Å². The van der Waals surface area contributed by atoms with Gasteiger partial charge in [-0.1, -0.05) is 38.1 Å². The van der Waals surface area contributed by atoms with Gasteiger partial charge in [-0.3, -0.25) is 9.59 Å². The van der Waals surface area contributed by atoms with Crippen LogP contribution in [-0.2, 0) is 15.2 Å². The molecule has 0 spiro atoms. The summed E-state index contributed by atoms with van der Waals surface area (Å²) in [5, 5.41) is 8.82. The molecular formula is C36H41ClF3N3O3. The summed E-state index contributed by atoms with van der Waals surface area (Å²) in [4.78, 5) is 26.2. The Hall–Kier alpha value is -3.82. The number of carbonyl (C=O) groups is 2. The minimum Gasteiger partial charge on any atom is -0.366 e. The second-order valence-corrected chi connectivity index (χ2v) is 13.7. The Bertz CT molecular complexity index is 1700. The number of benzene rings is 3. The predicted molar refractivity (Wildman–Crippen MR) is 178 cm³/mol. The van der Waals surface area contributed by atoms with Gasteiger partial charge in [0.15, 0.2) is 0 Å². The first-order valence-electron chi connectivity index (χ1n) is 15.1. The number of carbonyl (C=O) groups excluding carboxylic acids is 2. The highest BCUT2D eigenvalue weighted by molar-refractivity contribution is 6.34. The maximum absolute atomic E-state index is 14.8. The highest BCUT2D eigenvalue weighted by Crippen LogP contribution is 2.67. The van der Waals surface area contributed by atoms with E-state index in [1.807, 2.05) is 0 Å². The molecule has 2 amide bonds. The van der Waals surface area contributed by atoms with Gasteiger partial charge in [0.25, 0.3) is 11.8 Å². The molecule has 1 aliphatic rings. The van der Waals surface area contributed by atoms with Crippen LogP contribution in [0.25, 0.3) is 0 Å². The monoisotopic (exact) mass is 655 g/mol. The third kappa shape index (κ3) is 7.10. The van der Waals surface area contributed by atoms with E-state index in [1.54, 1.807) is 58.0 Å². The van der Waals surface area contributed by atoms with Crippen LogP contribution < -0.4 is 16.0 Å². The van der Waals surface area contributed by atoms with Crippen LogP contribution in [0, 0.1) is 29.9 Å². The third-order valence-corrected chi connectivity index (χ3v) is 8.99. The number of anilines is 3. The summed E-state index contributed by atoms with van der Waals surface area (Å²) in [5.41, 5.74) is -0.495. The van der Waals surface area contributed by atoms with Crippen molar-refractivity contribution in [2.45, 2.75) is 72.6 Å². The lowest BCUT2D eigenvalue weighted by Crippen LogP contribution is -2.40. The maximum atomic E-state index is 14.8. The summed E-state index contributed by atoms with van der Waals surface area (Å²) in [6, 6.07) is 12.0. The van der Waals surface area contributed by atoms with Crippen molar-refractivity contribution >= 4 is 40.5 Å². The van der Waals surface area contributed by atoms with Crippen LogP contribution in [0.3, 0.4) is 0 Å². The van der Waals surface area contributed by atoms with Crippen LogP contribution >= 0.6 is 11.6 Å². The van der Waals surface area contributed by atoms with E-state index in [0.717, 1.165) is 11.6 Å². The van der Waals surface area contributed by atoms with E-state index in [0.29, 0.717) is 23.6 Å². The molecule has 0 aliphatic heterocycles. The van der Waals surface area contributed by atoms with Crippen molar-refractivity contribution in [3.8, 4) is 0 Å². The fraction of sp³-hybridized carbons (Fsp3) is 0.389. The molecule has 4 rings (SSSR count). The molecule has 0 bridgehead atoms. The average Bonchev–Trinajstić information content (AvgIpc) is 3.54. The van der Waals surface area contributed by atoms with Crippen LogP contribution in [-0.4, -0.2) is 24.0 Å². The molecule has 1 fully saturated rings. The number of ether oxygens (including phenoxy) is 1. The summed E-state index contributed by atoms with van der Waals surface area (Å²) in [6.45, 7) is 17.8. The fourth-order valence-electron chi connectivity index (χ4n) is 5.99. The summed E-state index contributed by atoms with van der Waals surface area (Å²) in [5.74, 6) is -2.40. The van der Waals surface area contributed by atoms with Gasteiger partial charge in [-0.2, -0.15) is 0 Å². The molecule has 3 N–H and O–H groups in total. The molecule has 10 heteroatoms. The van der Waals surface area contributed by atoms with Crippen LogP contribution in [0.5, 0.6) is 0 Å². The Morgan fingerprint density at radius 2 is 1.63 bits per heavy atom. The summed E-state index contributed by atoms with van der Waals surface area (Å²) >= 11 is 6.42. The van der Waals surface area contributed by atoms with E-state index in [-0.39, 0.29) is 44.8 Å². The van der Waals surface area contributed by atoms with Gasteiger partial charge in [-0.15, -0.1) is 0 Å². The quantitative estimate of drug-likeness (QED) is 0.192. The number of amides is 2. The topological polar surface area (TPSA) is 79.5 Å². The zero-order chi connectivity index (χ0) is 34.4. The molecule has 3 aromatic carbocycles. The highest BCUT2D eigenvalue weighted by atomic mass is 35.5. The molecule has 0 aromatic heterocycles. The minimum atomic E-state index is -1.83. The van der Waals surface area contributed by atoms with Gasteiger partial charge in [0.05, 0.1) is 16.3 Å². The zero-order valence-electron chi connectivity index (χ0n) is 27.4. The largest absolute Gasteiger partial charge is 0.366 e. The molecular weight excluding hydrogens is 615 g/mol. The smallest absolute Gasteiger partial charge is 0.257 e. The first kappa shape index (κ1) is 35.0. The molecule has 0 radical (unpaired) electrons. The fourth-order valence-corrected chi connectivity index (χ4v) is 6.19. The normalized spacial score (nSPS) is 17.3. The van der Waals surface area contributed by atoms with Crippen molar-refractivity contribution in [3.63, 3.8) is 0 Å². The van der Waals surface area contributed by atoms with Crippen molar-refractivity contribution < 1.29 is 27.5 Å². The Morgan fingerprint density at radius 1 is 0.978 bits per heavy atom. The molecule has 46 heavy (non-hydrogen) atoms. The van der Waals surface area contributed by atoms with Gasteiger partial charge in [-0.25, -0.2) is 13.2 Å². The van der Waals surface area contributed by atoms with Crippen LogP contribution in [0.15, 0.2) is 60.8 Å². The molecule has 2 atom stereocenters. The number of rotatable bonds is 11. The first-order valence-corrected chi connectivity index (χ1v) is 15.5. The van der Waals surface area contributed by atoms with E-state index in [1.165, 1.54) is 26.0 Å². The second kappa shape index (κ2) is 12.8. The van der Waals surface area contributed by atoms with Crippen molar-refractivity contribution in [2.75, 3.05) is 22.6 Å². The number of alkyl halides is 1. The molecule has 1 saturated carbocycles. The molecule has 1 aliphatic carbocycles. The second-order valence-electron chi connectivity index (χ2n) is 13.3. The van der Waals surface area contributed by atoms with E-state index >= 15 is 0 Å². The van der Waals surface area contributed by atoms with Crippen molar-refractivity contribution in [1.82, 2.24) is 0 Å². The molecule has 0 heterocycles. The van der Waals surface area contributed by atoms with E-state index in [4.69, 9.17) is 16.3 Å². The number of nitrogens with one attached hydrogen (secondary N) is 3. The lowest BCUT2D eigenvalue weighted by atomic mass is 9.94. The zero-order valence-corrected chi connectivity index (χ0v) is 28.2. The Labute approximate surface area is 273 Å². The van der Waals surface area contributed by atoms with Gasteiger partial charge in [0, 0.05) is 35.2 Å². The highest BCUT2D eigenvalue weighted by Gasteiger charge is 2.59. The standard InChI is InChI=1S/C36H41ClF3N3O3/c1-10-46-36(8,9)33(45)43-31-19(2)28(16-15-27(31)39)42-32(44)23-18-22(12-13-25(23)37)41-20(3)29-30(34(29,4)5)21-11-14-26(38)24(17-21)35(6,7)40/h11-18,29-30,41H,3,10H2,1-2,4-9H3,(H,42,44)(H,43,45)/t29-,30-/m0/s1. The Morgan fingerprint density at radius 3 is 2.26 bits per heavy atom. The third-order valence-electron chi connectivity index (χ3n) is 8.66. The lowest BCUT2D eigenvalue weighted by molar-refractivity contribution is -0.136. The minimum absolute atomic E-state index is 0.0126. The first-order chi connectivity index (χ1) is 21.3. The molecule has 246 valence electrons. The van der Waals surface area contributed by atoms with E-state index < -0.39 is 34.7 Å². The van der Waals surface area contributed by atoms with Gasteiger partial charge < -0.3 is 20.7 Å². The lowest BCUT2D eigenvalue weighted by Gasteiger charge is -2.24. The maximum Gasteiger partial charge on any atom is 0.257 e. The summed E-state index contributed by atoms with van der Waals surface area (Å²) in [6.07, 6.45) is 0.